The molecular formula is C15H28N2O3. The number of hydrogen-bond donors (Lipinski definition) is 1. The number of carbonyl (C=O) groups excluding carboxylic acids is 2. The fourth-order valence-electron chi connectivity index (χ4n) is 2.37. The van der Waals surface area contributed by atoms with E-state index in [1.165, 1.54) is 0 Å². The molecular weight excluding hydrogens is 256 g/mol. The second kappa shape index (κ2) is 8.25. The van der Waals surface area contributed by atoms with Crippen LogP contribution < -0.4 is 5.32 Å². The van der Waals surface area contributed by atoms with Gasteiger partial charge >= 0.3 is 0 Å². The van der Waals surface area contributed by atoms with E-state index in [4.69, 9.17) is 4.74 Å². The first-order valence-corrected chi connectivity index (χ1v) is 7.66. The van der Waals surface area contributed by atoms with Gasteiger partial charge in [0.2, 0.25) is 11.8 Å². The summed E-state index contributed by atoms with van der Waals surface area (Å²) in [7, 11) is 0. The Morgan fingerprint density at radius 1 is 1.30 bits per heavy atom. The Bertz CT molecular complexity index is 331. The molecule has 0 aromatic rings. The lowest BCUT2D eigenvalue weighted by Crippen LogP contribution is -2.63. The Labute approximate surface area is 122 Å². The molecule has 1 heterocycles. The van der Waals surface area contributed by atoms with Gasteiger partial charge in [-0.3, -0.25) is 9.59 Å². The lowest BCUT2D eigenvalue weighted by molar-refractivity contribution is -0.150. The van der Waals surface area contributed by atoms with Crippen molar-refractivity contribution in [2.75, 3.05) is 19.8 Å². The summed E-state index contributed by atoms with van der Waals surface area (Å²) in [5.74, 6) is 0.323. The van der Waals surface area contributed by atoms with E-state index in [1.54, 1.807) is 11.8 Å². The van der Waals surface area contributed by atoms with Crippen molar-refractivity contribution in [3.8, 4) is 0 Å². The van der Waals surface area contributed by atoms with Gasteiger partial charge in [0.15, 0.2) is 0 Å². The quantitative estimate of drug-likeness (QED) is 0.688. The van der Waals surface area contributed by atoms with Crippen LogP contribution in [0, 0.1) is 5.92 Å². The van der Waals surface area contributed by atoms with Crippen LogP contribution in [-0.2, 0) is 14.3 Å². The van der Waals surface area contributed by atoms with Crippen molar-refractivity contribution in [2.24, 2.45) is 5.92 Å². The highest BCUT2D eigenvalue weighted by Crippen LogP contribution is 2.17. The van der Waals surface area contributed by atoms with Crippen LogP contribution in [0.4, 0.5) is 0 Å². The minimum atomic E-state index is -0.429. The lowest BCUT2D eigenvalue weighted by Gasteiger charge is -2.38. The molecule has 0 aromatic carbocycles. The van der Waals surface area contributed by atoms with Gasteiger partial charge in [-0.2, -0.15) is 0 Å². The van der Waals surface area contributed by atoms with Crippen LogP contribution in [0.25, 0.3) is 0 Å². The van der Waals surface area contributed by atoms with Gasteiger partial charge in [-0.25, -0.2) is 0 Å². The number of hydrogen-bond acceptors (Lipinski definition) is 3. The molecule has 0 aromatic heterocycles. The van der Waals surface area contributed by atoms with E-state index in [9.17, 15) is 9.59 Å². The maximum absolute atomic E-state index is 12.2. The molecule has 1 saturated heterocycles. The lowest BCUT2D eigenvalue weighted by atomic mass is 9.98. The number of unbranched alkanes of at least 4 members (excludes halogenated alkanes) is 1. The van der Waals surface area contributed by atoms with Crippen molar-refractivity contribution in [1.29, 1.82) is 0 Å². The summed E-state index contributed by atoms with van der Waals surface area (Å²) < 4.78 is 5.52. The third-order valence-electron chi connectivity index (χ3n) is 3.50. The number of amides is 2. The predicted octanol–water partition coefficient (Wildman–Crippen LogP) is 1.56. The molecule has 2 unspecified atom stereocenters. The maximum atomic E-state index is 12.2. The Kier molecular flexibility index (Phi) is 6.99. The fraction of sp³-hybridized carbons (Fsp3) is 0.867. The van der Waals surface area contributed by atoms with E-state index in [0.717, 1.165) is 19.4 Å². The summed E-state index contributed by atoms with van der Waals surface area (Å²) in [6.45, 7) is 9.68. The molecule has 5 heteroatoms. The highest BCUT2D eigenvalue weighted by Gasteiger charge is 2.38. The average Bonchev–Trinajstić information content (AvgIpc) is 2.38. The third-order valence-corrected chi connectivity index (χ3v) is 3.50. The van der Waals surface area contributed by atoms with E-state index >= 15 is 0 Å². The van der Waals surface area contributed by atoms with Crippen molar-refractivity contribution < 1.29 is 14.3 Å². The van der Waals surface area contributed by atoms with Crippen LogP contribution >= 0.6 is 0 Å². The number of carbonyl (C=O) groups is 2. The van der Waals surface area contributed by atoms with Gasteiger partial charge in [0.05, 0.1) is 6.61 Å². The summed E-state index contributed by atoms with van der Waals surface area (Å²) in [5.41, 5.74) is 0. The van der Waals surface area contributed by atoms with Gasteiger partial charge in [-0.15, -0.1) is 0 Å². The molecule has 0 bridgehead atoms. The molecule has 1 rings (SSSR count). The van der Waals surface area contributed by atoms with Gasteiger partial charge < -0.3 is 15.0 Å². The largest absolute Gasteiger partial charge is 0.380 e. The summed E-state index contributed by atoms with van der Waals surface area (Å²) in [4.78, 5) is 26.0. The predicted molar refractivity (Wildman–Crippen MR) is 78.3 cm³/mol. The van der Waals surface area contributed by atoms with Gasteiger partial charge in [0, 0.05) is 13.2 Å². The molecule has 1 fully saturated rings. The summed E-state index contributed by atoms with van der Waals surface area (Å²) in [6.07, 6.45) is 2.82. The van der Waals surface area contributed by atoms with Crippen LogP contribution in [0.1, 0.15) is 47.0 Å². The molecule has 0 spiro atoms. The Morgan fingerprint density at radius 2 is 2.00 bits per heavy atom. The molecule has 1 aliphatic heterocycles. The Hall–Kier alpha value is -1.10. The minimum Gasteiger partial charge on any atom is -0.380 e. The van der Waals surface area contributed by atoms with E-state index in [2.05, 4.69) is 26.1 Å². The zero-order valence-electron chi connectivity index (χ0n) is 13.1. The number of nitrogens with zero attached hydrogens (tertiary/aromatic N) is 1. The molecule has 116 valence electrons. The molecule has 5 nitrogen and oxygen atoms in total. The van der Waals surface area contributed by atoms with Gasteiger partial charge in [0.25, 0.3) is 0 Å². The van der Waals surface area contributed by atoms with Crippen molar-refractivity contribution in [1.82, 2.24) is 10.2 Å². The molecule has 0 saturated carbocycles. The molecule has 0 aliphatic carbocycles. The third kappa shape index (κ3) is 4.78. The Balaban J connectivity index is 2.58. The number of piperazine rings is 1. The zero-order valence-corrected chi connectivity index (χ0v) is 13.1. The molecule has 0 radical (unpaired) electrons. The smallest absolute Gasteiger partial charge is 0.245 e. The molecule has 2 atom stereocenters. The minimum absolute atomic E-state index is 0.00524. The summed E-state index contributed by atoms with van der Waals surface area (Å²) >= 11 is 0. The number of nitrogens with one attached hydrogen (secondary N) is 1. The summed E-state index contributed by atoms with van der Waals surface area (Å²) in [6, 6.07) is -0.782. The average molecular weight is 284 g/mol. The summed E-state index contributed by atoms with van der Waals surface area (Å²) in [5, 5.41) is 2.75. The first-order chi connectivity index (χ1) is 9.47. The van der Waals surface area contributed by atoms with E-state index < -0.39 is 6.04 Å². The molecule has 2 amide bonds. The fourth-order valence-corrected chi connectivity index (χ4v) is 2.37. The zero-order chi connectivity index (χ0) is 15.1. The molecule has 1 aliphatic rings. The normalized spacial score (nSPS) is 23.4. The van der Waals surface area contributed by atoms with Gasteiger partial charge in [0.1, 0.15) is 12.1 Å². The number of ether oxygens (including phenoxy) is 1. The second-order valence-electron chi connectivity index (χ2n) is 5.87. The van der Waals surface area contributed by atoms with Crippen LogP contribution in [0.3, 0.4) is 0 Å². The number of rotatable bonds is 8. The van der Waals surface area contributed by atoms with E-state index in [0.29, 0.717) is 25.5 Å². The van der Waals surface area contributed by atoms with Crippen LogP contribution in [0.5, 0.6) is 0 Å². The monoisotopic (exact) mass is 284 g/mol. The highest BCUT2D eigenvalue weighted by atomic mass is 16.5. The van der Waals surface area contributed by atoms with Crippen LogP contribution in [-0.4, -0.2) is 48.6 Å². The highest BCUT2D eigenvalue weighted by molar-refractivity contribution is 5.96. The Morgan fingerprint density at radius 3 is 2.60 bits per heavy atom. The second-order valence-corrected chi connectivity index (χ2v) is 5.87. The van der Waals surface area contributed by atoms with Crippen molar-refractivity contribution in [3.05, 3.63) is 0 Å². The van der Waals surface area contributed by atoms with Gasteiger partial charge in [-0.05, 0) is 25.7 Å². The standard InChI is InChI=1S/C15H28N2O3/c1-5-6-8-20-9-7-17-13(10-11(2)3)14(18)16-12(4)15(17)19/h11-13H,5-10H2,1-4H3,(H,16,18). The van der Waals surface area contributed by atoms with Gasteiger partial charge in [-0.1, -0.05) is 27.2 Å². The van der Waals surface area contributed by atoms with Crippen LogP contribution in [0.15, 0.2) is 0 Å². The molecule has 1 N–H and O–H groups in total. The maximum Gasteiger partial charge on any atom is 0.245 e. The van der Waals surface area contributed by atoms with Crippen molar-refractivity contribution in [3.63, 3.8) is 0 Å². The van der Waals surface area contributed by atoms with Crippen molar-refractivity contribution in [2.45, 2.75) is 59.0 Å². The SMILES string of the molecule is CCCCOCCN1C(=O)C(C)NC(=O)C1CC(C)C. The van der Waals surface area contributed by atoms with E-state index in [1.807, 2.05) is 0 Å². The van der Waals surface area contributed by atoms with Crippen LogP contribution in [0.2, 0.25) is 0 Å². The topological polar surface area (TPSA) is 58.6 Å². The molecule has 20 heavy (non-hydrogen) atoms. The van der Waals surface area contributed by atoms with E-state index in [-0.39, 0.29) is 17.9 Å². The first-order valence-electron chi connectivity index (χ1n) is 7.66. The van der Waals surface area contributed by atoms with Crippen molar-refractivity contribution >= 4 is 11.8 Å². The first kappa shape index (κ1) is 17.0.